The smallest absolute Gasteiger partial charge is 0.312 e. The first-order valence-corrected chi connectivity index (χ1v) is 8.34. The normalized spacial score (nSPS) is 12.2. The van der Waals surface area contributed by atoms with Crippen LogP contribution in [0, 0.1) is 0 Å². The average molecular weight is 365 g/mol. The van der Waals surface area contributed by atoms with Gasteiger partial charge in [-0.15, -0.1) is 0 Å². The van der Waals surface area contributed by atoms with Crippen LogP contribution in [0.4, 0.5) is 4.79 Å². The highest BCUT2D eigenvalue weighted by molar-refractivity contribution is 5.81. The minimum atomic E-state index is -0.717. The molecule has 3 amide bonds. The van der Waals surface area contributed by atoms with E-state index < -0.39 is 12.0 Å². The van der Waals surface area contributed by atoms with Crippen LogP contribution in [0.15, 0.2) is 18.2 Å². The van der Waals surface area contributed by atoms with Gasteiger partial charge in [0.1, 0.15) is 13.2 Å². The van der Waals surface area contributed by atoms with E-state index in [0.29, 0.717) is 37.8 Å². The monoisotopic (exact) mass is 365 g/mol. The first-order valence-electron chi connectivity index (χ1n) is 8.34. The van der Waals surface area contributed by atoms with E-state index in [4.69, 9.17) is 19.9 Å². The van der Waals surface area contributed by atoms with Gasteiger partial charge >= 0.3 is 12.0 Å². The summed E-state index contributed by atoms with van der Waals surface area (Å²) in [5, 5.41) is 2.28. The van der Waals surface area contributed by atoms with E-state index in [-0.39, 0.29) is 25.5 Å². The molecule has 1 aromatic rings. The third-order valence-corrected chi connectivity index (χ3v) is 3.70. The number of amides is 3. The Morgan fingerprint density at radius 3 is 2.65 bits per heavy atom. The van der Waals surface area contributed by atoms with E-state index in [1.807, 2.05) is 25.1 Å². The van der Waals surface area contributed by atoms with Gasteiger partial charge in [-0.25, -0.2) is 4.79 Å². The number of primary amides is 1. The maximum Gasteiger partial charge on any atom is 0.312 e. The lowest BCUT2D eigenvalue weighted by Gasteiger charge is -2.23. The number of hydrogen-bond acceptors (Lipinski definition) is 6. The van der Waals surface area contributed by atoms with Gasteiger partial charge in [0.05, 0.1) is 6.42 Å². The maximum atomic E-state index is 12.3. The summed E-state index contributed by atoms with van der Waals surface area (Å²) in [6.45, 7) is 3.40. The van der Waals surface area contributed by atoms with Crippen molar-refractivity contribution in [1.82, 2.24) is 10.2 Å². The number of hydrogen-bond donors (Lipinski definition) is 2. The van der Waals surface area contributed by atoms with Crippen LogP contribution < -0.4 is 20.5 Å². The Hall–Kier alpha value is -2.97. The highest BCUT2D eigenvalue weighted by atomic mass is 16.6. The van der Waals surface area contributed by atoms with E-state index in [2.05, 4.69) is 5.32 Å². The number of carbonyl (C=O) groups excluding carboxylic acids is 3. The number of nitrogens with one attached hydrogen (secondary N) is 1. The van der Waals surface area contributed by atoms with Gasteiger partial charge in [0.15, 0.2) is 18.1 Å². The van der Waals surface area contributed by atoms with Crippen LogP contribution in [0.2, 0.25) is 0 Å². The molecule has 1 heterocycles. The Kier molecular flexibility index (Phi) is 7.07. The number of urea groups is 1. The van der Waals surface area contributed by atoms with E-state index in [0.717, 1.165) is 5.56 Å². The molecule has 0 saturated heterocycles. The SMILES string of the molecule is CCN(Cc1ccc2c(c1)OCCO2)C(=O)COC(=O)CCNC(N)=O. The fourth-order valence-electron chi connectivity index (χ4n) is 2.38. The molecule has 0 radical (unpaired) electrons. The number of nitrogens with zero attached hydrogens (tertiary/aromatic N) is 1. The van der Waals surface area contributed by atoms with Crippen molar-refractivity contribution < 1.29 is 28.6 Å². The summed E-state index contributed by atoms with van der Waals surface area (Å²) in [4.78, 5) is 35.9. The number of esters is 1. The number of benzene rings is 1. The van der Waals surface area contributed by atoms with Crippen LogP contribution >= 0.6 is 0 Å². The zero-order chi connectivity index (χ0) is 18.9. The first kappa shape index (κ1) is 19.4. The molecule has 9 heteroatoms. The van der Waals surface area contributed by atoms with Gasteiger partial charge in [0, 0.05) is 19.6 Å². The summed E-state index contributed by atoms with van der Waals surface area (Å²) in [5.74, 6) is 0.458. The minimum Gasteiger partial charge on any atom is -0.486 e. The van der Waals surface area contributed by atoms with E-state index in [9.17, 15) is 14.4 Å². The molecular weight excluding hydrogens is 342 g/mol. The quantitative estimate of drug-likeness (QED) is 0.644. The maximum absolute atomic E-state index is 12.3. The highest BCUT2D eigenvalue weighted by Gasteiger charge is 2.17. The molecule has 0 spiro atoms. The predicted molar refractivity (Wildman–Crippen MR) is 91.7 cm³/mol. The molecule has 3 N–H and O–H groups in total. The van der Waals surface area contributed by atoms with Crippen molar-refractivity contribution in [2.75, 3.05) is 32.9 Å². The largest absolute Gasteiger partial charge is 0.486 e. The molecule has 0 atom stereocenters. The van der Waals surface area contributed by atoms with Crippen LogP contribution in [0.1, 0.15) is 18.9 Å². The first-order chi connectivity index (χ1) is 12.5. The number of ether oxygens (including phenoxy) is 3. The Morgan fingerprint density at radius 2 is 1.96 bits per heavy atom. The van der Waals surface area contributed by atoms with E-state index in [1.54, 1.807) is 4.90 Å². The van der Waals surface area contributed by atoms with Crippen molar-refractivity contribution >= 4 is 17.9 Å². The van der Waals surface area contributed by atoms with Crippen molar-refractivity contribution in [3.63, 3.8) is 0 Å². The van der Waals surface area contributed by atoms with Crippen molar-refractivity contribution in [2.45, 2.75) is 19.9 Å². The van der Waals surface area contributed by atoms with Crippen molar-refractivity contribution in [2.24, 2.45) is 5.73 Å². The molecule has 1 aliphatic heterocycles. The van der Waals surface area contributed by atoms with Gasteiger partial charge in [-0.3, -0.25) is 9.59 Å². The molecule has 142 valence electrons. The standard InChI is InChI=1S/C17H23N3O6/c1-2-20(15(21)11-26-16(22)5-6-19-17(18)23)10-12-3-4-13-14(9-12)25-8-7-24-13/h3-4,9H,2,5-8,10-11H2,1H3,(H3,18,19,23). The van der Waals surface area contributed by atoms with Crippen LogP contribution in [0.5, 0.6) is 11.5 Å². The Balaban J connectivity index is 1.82. The van der Waals surface area contributed by atoms with E-state index in [1.165, 1.54) is 0 Å². The second-order valence-electron chi connectivity index (χ2n) is 5.59. The second-order valence-corrected chi connectivity index (χ2v) is 5.59. The molecule has 2 rings (SSSR count). The summed E-state index contributed by atoms with van der Waals surface area (Å²) in [6, 6.07) is 4.80. The van der Waals surface area contributed by atoms with Gasteiger partial charge in [0.2, 0.25) is 0 Å². The van der Waals surface area contributed by atoms with Crippen LogP contribution in [0.25, 0.3) is 0 Å². The number of carbonyl (C=O) groups is 3. The molecule has 26 heavy (non-hydrogen) atoms. The fourth-order valence-corrected chi connectivity index (χ4v) is 2.38. The molecule has 0 bridgehead atoms. The minimum absolute atomic E-state index is 0.0511. The summed E-state index contributed by atoms with van der Waals surface area (Å²) in [7, 11) is 0. The number of rotatable bonds is 8. The third-order valence-electron chi connectivity index (χ3n) is 3.70. The number of fused-ring (bicyclic) bond motifs is 1. The molecule has 0 aliphatic carbocycles. The second kappa shape index (κ2) is 9.50. The lowest BCUT2D eigenvalue weighted by Crippen LogP contribution is -2.35. The summed E-state index contributed by atoms with van der Waals surface area (Å²) >= 11 is 0. The van der Waals surface area contributed by atoms with Gasteiger partial charge in [-0.1, -0.05) is 6.07 Å². The molecule has 1 aliphatic rings. The Morgan fingerprint density at radius 1 is 1.23 bits per heavy atom. The van der Waals surface area contributed by atoms with E-state index >= 15 is 0 Å². The van der Waals surface area contributed by atoms with Crippen LogP contribution in [-0.2, 0) is 20.9 Å². The Bertz CT molecular complexity index is 664. The fraction of sp³-hybridized carbons (Fsp3) is 0.471. The van der Waals surface area contributed by atoms with Crippen molar-refractivity contribution in [1.29, 1.82) is 0 Å². The molecule has 0 unspecified atom stereocenters. The zero-order valence-electron chi connectivity index (χ0n) is 14.7. The zero-order valence-corrected chi connectivity index (χ0v) is 14.7. The topological polar surface area (TPSA) is 120 Å². The lowest BCUT2D eigenvalue weighted by atomic mass is 10.1. The summed E-state index contributed by atoms with van der Waals surface area (Å²) in [6.07, 6.45) is -0.0511. The van der Waals surface area contributed by atoms with Crippen LogP contribution in [-0.4, -0.2) is 55.7 Å². The highest BCUT2D eigenvalue weighted by Crippen LogP contribution is 2.31. The molecule has 1 aromatic carbocycles. The molecule has 0 saturated carbocycles. The molecule has 0 fully saturated rings. The van der Waals surface area contributed by atoms with Crippen molar-refractivity contribution in [3.8, 4) is 11.5 Å². The predicted octanol–water partition coefficient (Wildman–Crippen LogP) is 0.408. The average Bonchev–Trinajstić information content (AvgIpc) is 2.63. The summed E-state index contributed by atoms with van der Waals surface area (Å²) in [5.41, 5.74) is 5.78. The molecule has 9 nitrogen and oxygen atoms in total. The van der Waals surface area contributed by atoms with Gasteiger partial charge in [-0.2, -0.15) is 0 Å². The van der Waals surface area contributed by atoms with Gasteiger partial charge in [-0.05, 0) is 24.6 Å². The van der Waals surface area contributed by atoms with Gasteiger partial charge < -0.3 is 30.2 Å². The molecule has 0 aromatic heterocycles. The van der Waals surface area contributed by atoms with Crippen LogP contribution in [0.3, 0.4) is 0 Å². The number of nitrogens with two attached hydrogens (primary N) is 1. The number of likely N-dealkylation sites (N-methyl/N-ethyl adjacent to an activating group) is 1. The summed E-state index contributed by atoms with van der Waals surface area (Å²) < 4.78 is 15.9. The van der Waals surface area contributed by atoms with Gasteiger partial charge in [0.25, 0.3) is 5.91 Å². The Labute approximate surface area is 151 Å². The third kappa shape index (κ3) is 5.83. The lowest BCUT2D eigenvalue weighted by molar-refractivity contribution is -0.152. The van der Waals surface area contributed by atoms with Crippen molar-refractivity contribution in [3.05, 3.63) is 23.8 Å². The molecular formula is C17H23N3O6.